The fourth-order valence-electron chi connectivity index (χ4n) is 1.56. The van der Waals surface area contributed by atoms with Crippen LogP contribution in [-0.4, -0.2) is 34.4 Å². The molecule has 0 unspecified atom stereocenters. The summed E-state index contributed by atoms with van der Waals surface area (Å²) >= 11 is 0. The van der Waals surface area contributed by atoms with E-state index in [9.17, 15) is 9.90 Å². The number of rotatable bonds is 7. The van der Waals surface area contributed by atoms with Crippen molar-refractivity contribution in [2.45, 2.75) is 25.7 Å². The Morgan fingerprint density at radius 2 is 1.78 bits per heavy atom. The standard InChI is InChI=1S/C13H19NO4/c15-8-4-2-1-3-7-14-13(18)10-5-6-11(16)12(17)9-10/h5-6,9,15-17H,1-4,7-8H2,(H,14,18). The predicted molar refractivity (Wildman–Crippen MR) is 67.7 cm³/mol. The van der Waals surface area contributed by atoms with Gasteiger partial charge >= 0.3 is 0 Å². The van der Waals surface area contributed by atoms with E-state index in [1.807, 2.05) is 0 Å². The number of hydrogen-bond donors (Lipinski definition) is 4. The van der Waals surface area contributed by atoms with Gasteiger partial charge in [-0.25, -0.2) is 0 Å². The number of hydrogen-bond acceptors (Lipinski definition) is 4. The molecule has 1 rings (SSSR count). The fourth-order valence-corrected chi connectivity index (χ4v) is 1.56. The summed E-state index contributed by atoms with van der Waals surface area (Å²) in [4.78, 5) is 11.7. The lowest BCUT2D eigenvalue weighted by Crippen LogP contribution is -2.24. The smallest absolute Gasteiger partial charge is 0.251 e. The van der Waals surface area contributed by atoms with Gasteiger partial charge in [0, 0.05) is 18.7 Å². The van der Waals surface area contributed by atoms with Gasteiger partial charge in [0.1, 0.15) is 0 Å². The Kier molecular flexibility index (Phi) is 6.00. The maximum Gasteiger partial charge on any atom is 0.251 e. The van der Waals surface area contributed by atoms with Crippen LogP contribution in [0.25, 0.3) is 0 Å². The van der Waals surface area contributed by atoms with Gasteiger partial charge in [0.25, 0.3) is 5.91 Å². The number of phenols is 2. The van der Waals surface area contributed by atoms with Gasteiger partial charge in [-0.15, -0.1) is 0 Å². The molecule has 5 heteroatoms. The lowest BCUT2D eigenvalue weighted by molar-refractivity contribution is 0.0952. The second-order valence-electron chi connectivity index (χ2n) is 4.10. The van der Waals surface area contributed by atoms with E-state index < -0.39 is 0 Å². The molecule has 0 fully saturated rings. The van der Waals surface area contributed by atoms with Crippen molar-refractivity contribution in [3.63, 3.8) is 0 Å². The molecule has 4 N–H and O–H groups in total. The zero-order chi connectivity index (χ0) is 13.4. The van der Waals surface area contributed by atoms with E-state index in [1.165, 1.54) is 18.2 Å². The second-order valence-corrected chi connectivity index (χ2v) is 4.10. The summed E-state index contributed by atoms with van der Waals surface area (Å²) in [5, 5.41) is 29.7. The number of aromatic hydroxyl groups is 2. The van der Waals surface area contributed by atoms with Crippen LogP contribution in [0.15, 0.2) is 18.2 Å². The minimum absolute atomic E-state index is 0.207. The van der Waals surface area contributed by atoms with E-state index in [4.69, 9.17) is 10.2 Å². The van der Waals surface area contributed by atoms with Gasteiger partial charge in [-0.1, -0.05) is 12.8 Å². The zero-order valence-corrected chi connectivity index (χ0v) is 10.2. The van der Waals surface area contributed by atoms with Crippen molar-refractivity contribution < 1.29 is 20.1 Å². The molecule has 18 heavy (non-hydrogen) atoms. The molecule has 0 aliphatic carbocycles. The SMILES string of the molecule is O=C(NCCCCCCO)c1ccc(O)c(O)c1. The topological polar surface area (TPSA) is 89.8 Å². The number of benzene rings is 1. The average molecular weight is 253 g/mol. The highest BCUT2D eigenvalue weighted by molar-refractivity contribution is 5.94. The number of carbonyl (C=O) groups is 1. The van der Waals surface area contributed by atoms with E-state index in [-0.39, 0.29) is 24.0 Å². The van der Waals surface area contributed by atoms with Gasteiger partial charge in [0.2, 0.25) is 0 Å². The maximum absolute atomic E-state index is 11.7. The molecule has 0 aromatic heterocycles. The number of aliphatic hydroxyl groups excluding tert-OH is 1. The van der Waals surface area contributed by atoms with Crippen molar-refractivity contribution in [2.75, 3.05) is 13.2 Å². The minimum atomic E-state index is -0.300. The number of aliphatic hydroxyl groups is 1. The molecule has 0 aliphatic heterocycles. The van der Waals surface area contributed by atoms with Crippen molar-refractivity contribution in [3.8, 4) is 11.5 Å². The first kappa shape index (κ1) is 14.3. The monoisotopic (exact) mass is 253 g/mol. The molecule has 0 heterocycles. The highest BCUT2D eigenvalue weighted by Crippen LogP contribution is 2.24. The van der Waals surface area contributed by atoms with Crippen LogP contribution in [0.3, 0.4) is 0 Å². The Balaban J connectivity index is 2.30. The van der Waals surface area contributed by atoms with E-state index in [0.717, 1.165) is 25.7 Å². The molecule has 0 aliphatic rings. The lowest BCUT2D eigenvalue weighted by Gasteiger charge is -2.06. The molecule has 0 saturated carbocycles. The van der Waals surface area contributed by atoms with Crippen LogP contribution in [0.1, 0.15) is 36.0 Å². The van der Waals surface area contributed by atoms with Gasteiger partial charge in [0.05, 0.1) is 0 Å². The first-order valence-corrected chi connectivity index (χ1v) is 6.06. The highest BCUT2D eigenvalue weighted by Gasteiger charge is 2.07. The molecule has 0 atom stereocenters. The molecule has 1 aromatic rings. The molecule has 1 aromatic carbocycles. The van der Waals surface area contributed by atoms with Crippen LogP contribution >= 0.6 is 0 Å². The number of nitrogens with one attached hydrogen (secondary N) is 1. The number of phenolic OH excluding ortho intramolecular Hbond substituents is 2. The second kappa shape index (κ2) is 7.55. The predicted octanol–water partition coefficient (Wildman–Crippen LogP) is 1.38. The lowest BCUT2D eigenvalue weighted by atomic mass is 10.1. The Labute approximate surface area is 106 Å². The largest absolute Gasteiger partial charge is 0.504 e. The number of carbonyl (C=O) groups excluding carboxylic acids is 1. The normalized spacial score (nSPS) is 10.3. The van der Waals surface area contributed by atoms with Crippen molar-refractivity contribution in [2.24, 2.45) is 0 Å². The first-order valence-electron chi connectivity index (χ1n) is 6.06. The Morgan fingerprint density at radius 3 is 2.44 bits per heavy atom. The summed E-state index contributed by atoms with van der Waals surface area (Å²) in [5.74, 6) is -0.811. The third-order valence-electron chi connectivity index (χ3n) is 2.61. The van der Waals surface area contributed by atoms with Crippen LogP contribution in [0, 0.1) is 0 Å². The molecular formula is C13H19NO4. The van der Waals surface area contributed by atoms with Gasteiger partial charge < -0.3 is 20.6 Å². The van der Waals surface area contributed by atoms with Gasteiger partial charge in [-0.05, 0) is 31.0 Å². The average Bonchev–Trinajstić information content (AvgIpc) is 2.36. The van der Waals surface area contributed by atoms with Gasteiger partial charge in [-0.3, -0.25) is 4.79 Å². The summed E-state index contributed by atoms with van der Waals surface area (Å²) in [6.45, 7) is 0.769. The van der Waals surface area contributed by atoms with E-state index in [1.54, 1.807) is 0 Å². The third kappa shape index (κ3) is 4.63. The van der Waals surface area contributed by atoms with Crippen LogP contribution in [0.4, 0.5) is 0 Å². The van der Waals surface area contributed by atoms with Crippen molar-refractivity contribution in [1.29, 1.82) is 0 Å². The van der Waals surface area contributed by atoms with Crippen LogP contribution in [-0.2, 0) is 0 Å². The Morgan fingerprint density at radius 1 is 1.06 bits per heavy atom. The van der Waals surface area contributed by atoms with Crippen LogP contribution < -0.4 is 5.32 Å². The Hall–Kier alpha value is -1.75. The van der Waals surface area contributed by atoms with E-state index in [2.05, 4.69) is 5.32 Å². The molecule has 1 amide bonds. The summed E-state index contributed by atoms with van der Waals surface area (Å²) in [5.41, 5.74) is 0.320. The summed E-state index contributed by atoms with van der Waals surface area (Å²) in [6.07, 6.45) is 3.56. The number of unbranched alkanes of at least 4 members (excludes halogenated alkanes) is 3. The van der Waals surface area contributed by atoms with Gasteiger partial charge in [-0.2, -0.15) is 0 Å². The molecule has 0 saturated heterocycles. The van der Waals surface area contributed by atoms with E-state index >= 15 is 0 Å². The maximum atomic E-state index is 11.7. The Bertz CT molecular complexity index is 393. The van der Waals surface area contributed by atoms with Crippen molar-refractivity contribution in [1.82, 2.24) is 5.32 Å². The summed E-state index contributed by atoms with van der Waals surface area (Å²) in [6, 6.07) is 3.97. The molecule has 5 nitrogen and oxygen atoms in total. The molecule has 0 radical (unpaired) electrons. The highest BCUT2D eigenvalue weighted by atomic mass is 16.3. The molecule has 100 valence electrons. The van der Waals surface area contributed by atoms with Crippen molar-refractivity contribution >= 4 is 5.91 Å². The quantitative estimate of drug-likeness (QED) is 0.436. The molecule has 0 bridgehead atoms. The number of amides is 1. The zero-order valence-electron chi connectivity index (χ0n) is 10.2. The van der Waals surface area contributed by atoms with Crippen LogP contribution in [0.5, 0.6) is 11.5 Å². The molecular weight excluding hydrogens is 234 g/mol. The fraction of sp³-hybridized carbons (Fsp3) is 0.462. The van der Waals surface area contributed by atoms with Crippen LogP contribution in [0.2, 0.25) is 0 Å². The summed E-state index contributed by atoms with van der Waals surface area (Å²) in [7, 11) is 0. The van der Waals surface area contributed by atoms with Gasteiger partial charge in [0.15, 0.2) is 11.5 Å². The third-order valence-corrected chi connectivity index (χ3v) is 2.61. The first-order chi connectivity index (χ1) is 8.65. The van der Waals surface area contributed by atoms with E-state index in [0.29, 0.717) is 12.1 Å². The minimum Gasteiger partial charge on any atom is -0.504 e. The van der Waals surface area contributed by atoms with Crippen molar-refractivity contribution in [3.05, 3.63) is 23.8 Å². The summed E-state index contributed by atoms with van der Waals surface area (Å²) < 4.78 is 0. The molecule has 0 spiro atoms.